The maximum atomic E-state index is 12.0. The summed E-state index contributed by atoms with van der Waals surface area (Å²) in [6.45, 7) is 19.5. The molecule has 0 spiro atoms. The van der Waals surface area contributed by atoms with Crippen molar-refractivity contribution in [3.8, 4) is 28.8 Å². The van der Waals surface area contributed by atoms with Crippen molar-refractivity contribution in [2.24, 2.45) is 0 Å². The van der Waals surface area contributed by atoms with Crippen molar-refractivity contribution < 1.29 is 42.3 Å². The number of hydrogen-bond donors (Lipinski definition) is 1. The van der Waals surface area contributed by atoms with E-state index in [1.54, 1.807) is 38.7 Å². The Labute approximate surface area is 413 Å². The maximum Gasteiger partial charge on any atom is 0.335 e. The second kappa shape index (κ2) is 22.2. The van der Waals surface area contributed by atoms with Crippen LogP contribution in [0.2, 0.25) is 18.1 Å². The highest BCUT2D eigenvalue weighted by Gasteiger charge is 2.54. The summed E-state index contributed by atoms with van der Waals surface area (Å²) < 4.78 is 51.8. The van der Waals surface area contributed by atoms with Gasteiger partial charge >= 0.3 is 5.97 Å². The molecule has 3 heterocycles. The summed E-state index contributed by atoms with van der Waals surface area (Å²) in [5.41, 5.74) is 3.41. The van der Waals surface area contributed by atoms with Gasteiger partial charge in [-0.25, -0.2) is 24.4 Å². The van der Waals surface area contributed by atoms with E-state index in [2.05, 4.69) is 89.4 Å². The number of benzene rings is 4. The summed E-state index contributed by atoms with van der Waals surface area (Å²) in [5, 5.41) is 19.3. The van der Waals surface area contributed by atoms with E-state index < -0.39 is 53.0 Å². The van der Waals surface area contributed by atoms with Crippen LogP contribution in [0.4, 0.5) is 0 Å². The molecule has 17 heteroatoms. The number of methoxy groups -OCH3 is 2. The molecule has 0 aliphatic carbocycles. The standard InChI is InChI=1S/C53H65N6O9PSi/c1-35(2)59(36(3)4)69(65-30-16-29-54)67-47-44(32-64-53(39-19-13-12-14-20-39,40-21-25-42(62-8)26-22-40)41-23-27-43(63-9)28-24-41)66-50(48(47)68-70(10,11)52(5,6)7)58-34-57-46-45(55-33-56-49(46)58)37-17-15-18-38(31-37)51(60)61/h12-15,17-28,31,33-36,44,47-48,50H,16,30,32H2,1-11H3,(H,60,61)/t44-,47-,48-,50-,69?/m1/s1. The largest absolute Gasteiger partial charge is 0.497 e. The van der Waals surface area contributed by atoms with E-state index in [1.807, 2.05) is 71.3 Å². The van der Waals surface area contributed by atoms with Crippen molar-refractivity contribution >= 4 is 34.0 Å². The third-order valence-corrected chi connectivity index (χ3v) is 19.7. The van der Waals surface area contributed by atoms with Crippen LogP contribution in [0, 0.1) is 11.3 Å². The van der Waals surface area contributed by atoms with E-state index in [1.165, 1.54) is 12.4 Å². The molecule has 0 saturated carbocycles. The normalized spacial score (nSPS) is 18.1. The molecule has 1 saturated heterocycles. The lowest BCUT2D eigenvalue weighted by atomic mass is 9.80. The number of carboxylic acids is 1. The number of ether oxygens (including phenoxy) is 4. The number of rotatable bonds is 21. The van der Waals surface area contributed by atoms with Crippen LogP contribution >= 0.6 is 8.53 Å². The molecule has 6 aromatic rings. The van der Waals surface area contributed by atoms with Crippen molar-refractivity contribution in [1.29, 1.82) is 5.26 Å². The molecule has 15 nitrogen and oxygen atoms in total. The van der Waals surface area contributed by atoms with Crippen LogP contribution in [-0.4, -0.2) is 101 Å². The van der Waals surface area contributed by atoms with Crippen molar-refractivity contribution in [3.63, 3.8) is 0 Å². The summed E-state index contributed by atoms with van der Waals surface area (Å²) in [5.74, 6) is 0.336. The predicted octanol–water partition coefficient (Wildman–Crippen LogP) is 11.2. The van der Waals surface area contributed by atoms with Crippen molar-refractivity contribution in [2.75, 3.05) is 27.4 Å². The Kier molecular flexibility index (Phi) is 16.6. The lowest BCUT2D eigenvalue weighted by Crippen LogP contribution is -2.50. The zero-order chi connectivity index (χ0) is 50.4. The minimum atomic E-state index is -2.67. The monoisotopic (exact) mass is 988 g/mol. The molecule has 1 unspecified atom stereocenters. The molecule has 1 aliphatic heterocycles. The fourth-order valence-corrected chi connectivity index (χ4v) is 11.6. The number of aromatic nitrogens is 4. The van der Waals surface area contributed by atoms with E-state index >= 15 is 0 Å². The zero-order valence-corrected chi connectivity index (χ0v) is 43.8. The fourth-order valence-electron chi connectivity index (χ4n) is 8.56. The van der Waals surface area contributed by atoms with Gasteiger partial charge in [-0.1, -0.05) is 87.5 Å². The van der Waals surface area contributed by atoms with E-state index in [9.17, 15) is 15.2 Å². The summed E-state index contributed by atoms with van der Waals surface area (Å²) in [4.78, 5) is 26.3. The first-order valence-electron chi connectivity index (χ1n) is 23.5. The van der Waals surface area contributed by atoms with Crippen LogP contribution in [0.15, 0.2) is 116 Å². The van der Waals surface area contributed by atoms with Crippen LogP contribution in [0.5, 0.6) is 11.5 Å². The highest BCUT2D eigenvalue weighted by Crippen LogP contribution is 2.53. The maximum absolute atomic E-state index is 12.0. The van der Waals surface area contributed by atoms with E-state index in [4.69, 9.17) is 42.4 Å². The zero-order valence-electron chi connectivity index (χ0n) is 41.9. The van der Waals surface area contributed by atoms with Crippen LogP contribution in [0.25, 0.3) is 22.4 Å². The molecular weight excluding hydrogens is 924 g/mol. The minimum absolute atomic E-state index is 0.00370. The summed E-state index contributed by atoms with van der Waals surface area (Å²) in [7, 11) is -1.22. The van der Waals surface area contributed by atoms with Crippen LogP contribution < -0.4 is 9.47 Å². The van der Waals surface area contributed by atoms with Gasteiger partial charge in [-0.2, -0.15) is 5.26 Å². The molecule has 0 amide bonds. The Bertz CT molecular complexity index is 2670. The number of nitriles is 1. The quantitative estimate of drug-likeness (QED) is 0.0312. The first-order valence-corrected chi connectivity index (χ1v) is 27.6. The predicted molar refractivity (Wildman–Crippen MR) is 272 cm³/mol. The van der Waals surface area contributed by atoms with E-state index in [0.717, 1.165) is 16.7 Å². The van der Waals surface area contributed by atoms with Gasteiger partial charge in [0.1, 0.15) is 52.9 Å². The van der Waals surface area contributed by atoms with Crippen LogP contribution in [-0.2, 0) is 28.5 Å². The third kappa shape index (κ3) is 11.0. The lowest BCUT2D eigenvalue weighted by Gasteiger charge is -2.42. The minimum Gasteiger partial charge on any atom is -0.497 e. The van der Waals surface area contributed by atoms with Gasteiger partial charge in [-0.3, -0.25) is 4.57 Å². The molecule has 1 fully saturated rings. The number of fused-ring (bicyclic) bond motifs is 1. The molecule has 1 aliphatic rings. The van der Waals surface area contributed by atoms with Gasteiger partial charge in [0, 0.05) is 17.6 Å². The number of carboxylic acid groups (broad SMARTS) is 1. The summed E-state index contributed by atoms with van der Waals surface area (Å²) in [6.07, 6.45) is 0.00452. The van der Waals surface area contributed by atoms with Gasteiger partial charge in [0.2, 0.25) is 0 Å². The average molecular weight is 989 g/mol. The number of imidazole rings is 1. The number of aromatic carboxylic acids is 1. The Hall–Kier alpha value is -5.60. The molecule has 0 radical (unpaired) electrons. The van der Waals surface area contributed by atoms with Crippen LogP contribution in [0.1, 0.15) is 88.2 Å². The van der Waals surface area contributed by atoms with E-state index in [0.29, 0.717) is 33.9 Å². The highest BCUT2D eigenvalue weighted by atomic mass is 31.2. The van der Waals surface area contributed by atoms with Crippen molar-refractivity contribution in [2.45, 2.75) is 115 Å². The molecule has 0 bridgehead atoms. The molecule has 7 rings (SSSR count). The van der Waals surface area contributed by atoms with Crippen molar-refractivity contribution in [1.82, 2.24) is 24.2 Å². The fraction of sp³-hybridized carbons (Fsp3) is 0.415. The summed E-state index contributed by atoms with van der Waals surface area (Å²) >= 11 is 0. The number of nitrogens with zero attached hydrogens (tertiary/aromatic N) is 6. The molecule has 370 valence electrons. The molecule has 70 heavy (non-hydrogen) atoms. The Morgan fingerprint density at radius 3 is 2.03 bits per heavy atom. The molecule has 5 atom stereocenters. The Morgan fingerprint density at radius 1 is 0.857 bits per heavy atom. The van der Waals surface area contributed by atoms with Crippen LogP contribution in [0.3, 0.4) is 0 Å². The molecule has 1 N–H and O–H groups in total. The highest BCUT2D eigenvalue weighted by molar-refractivity contribution is 7.44. The smallest absolute Gasteiger partial charge is 0.335 e. The Morgan fingerprint density at radius 2 is 1.47 bits per heavy atom. The number of carbonyl (C=O) groups is 1. The first-order chi connectivity index (χ1) is 33.4. The average Bonchev–Trinajstić information content (AvgIpc) is 3.92. The van der Waals surface area contributed by atoms with E-state index in [-0.39, 0.29) is 42.3 Å². The summed E-state index contributed by atoms with van der Waals surface area (Å²) in [6, 6.07) is 34.6. The second-order valence-corrected chi connectivity index (χ2v) is 25.4. The van der Waals surface area contributed by atoms with Gasteiger partial charge in [0.25, 0.3) is 8.53 Å². The molecular formula is C53H65N6O9PSi. The SMILES string of the molecule is COc1ccc(C(OC[C@H]2O[C@@H](n3cnc4c(-c5cccc(C(=O)O)c5)ncnc43)[C@H](O[Si](C)(C)C(C)(C)C)[C@@H]2OP(OCCC#N)N(C(C)C)C(C)C)(c2ccccc2)c2ccc(OC)cc2)cc1. The Balaban J connectivity index is 1.43. The third-order valence-electron chi connectivity index (χ3n) is 13.1. The van der Waals surface area contributed by atoms with Gasteiger partial charge in [0.15, 0.2) is 20.2 Å². The topological polar surface area (TPSA) is 173 Å². The molecule has 2 aromatic heterocycles. The van der Waals surface area contributed by atoms with Gasteiger partial charge in [-0.05, 0) is 98.9 Å². The molecule has 4 aromatic carbocycles. The number of hydrogen-bond acceptors (Lipinski definition) is 13. The first kappa shape index (κ1) is 52.2. The second-order valence-electron chi connectivity index (χ2n) is 19.3. The van der Waals surface area contributed by atoms with Gasteiger partial charge < -0.3 is 37.5 Å². The lowest BCUT2D eigenvalue weighted by molar-refractivity contribution is -0.0926. The van der Waals surface area contributed by atoms with Crippen molar-refractivity contribution in [3.05, 3.63) is 138 Å². The van der Waals surface area contributed by atoms with Gasteiger partial charge in [0.05, 0.1) is 51.8 Å². The van der Waals surface area contributed by atoms with Gasteiger partial charge in [-0.15, -0.1) is 0 Å².